The third kappa shape index (κ3) is 4.50. The smallest absolute Gasteiger partial charge is 0.159 e. The number of rotatable bonds is 7. The monoisotopic (exact) mass is 398 g/mol. The molecular formula is C20H19ClN4O3. The predicted octanol–water partition coefficient (Wildman–Crippen LogP) is 4.84. The van der Waals surface area contributed by atoms with Crippen LogP contribution in [-0.2, 0) is 0 Å². The maximum absolute atomic E-state index is 11.5. The second kappa shape index (κ2) is 8.58. The summed E-state index contributed by atoms with van der Waals surface area (Å²) in [5.41, 5.74) is 2.02. The summed E-state index contributed by atoms with van der Waals surface area (Å²) in [5, 5.41) is 6.78. The van der Waals surface area contributed by atoms with Gasteiger partial charge in [-0.1, -0.05) is 23.7 Å². The van der Waals surface area contributed by atoms with Gasteiger partial charge in [0.25, 0.3) is 0 Å². The first-order valence-corrected chi connectivity index (χ1v) is 8.76. The molecule has 8 heteroatoms. The maximum Gasteiger partial charge on any atom is 0.159 e. The Morgan fingerprint density at radius 1 is 0.964 bits per heavy atom. The largest absolute Gasteiger partial charge is 0.495 e. The van der Waals surface area contributed by atoms with E-state index in [0.717, 1.165) is 5.69 Å². The van der Waals surface area contributed by atoms with Crippen molar-refractivity contribution in [3.05, 3.63) is 59.4 Å². The summed E-state index contributed by atoms with van der Waals surface area (Å²) >= 11 is 6.14. The van der Waals surface area contributed by atoms with Gasteiger partial charge < -0.3 is 20.1 Å². The molecule has 0 spiro atoms. The molecule has 0 amide bonds. The number of ketones is 1. The Kier molecular flexibility index (Phi) is 5.96. The number of ether oxygens (including phenoxy) is 2. The molecule has 0 aliphatic carbocycles. The van der Waals surface area contributed by atoms with Gasteiger partial charge in [0.15, 0.2) is 5.78 Å². The van der Waals surface area contributed by atoms with Crippen LogP contribution in [0.25, 0.3) is 0 Å². The molecule has 0 unspecified atom stereocenters. The number of nitrogens with one attached hydrogen (secondary N) is 2. The second-order valence-electron chi connectivity index (χ2n) is 5.86. The average Bonchev–Trinajstić information content (AvgIpc) is 2.69. The van der Waals surface area contributed by atoms with Crippen molar-refractivity contribution in [3.8, 4) is 11.5 Å². The van der Waals surface area contributed by atoms with Crippen LogP contribution in [0.5, 0.6) is 11.5 Å². The molecule has 1 aromatic heterocycles. The van der Waals surface area contributed by atoms with E-state index in [1.807, 2.05) is 12.1 Å². The first-order valence-electron chi connectivity index (χ1n) is 8.38. The number of carbonyl (C=O) groups excluding carboxylic acids is 1. The molecule has 144 valence electrons. The molecule has 0 aliphatic heterocycles. The minimum Gasteiger partial charge on any atom is -0.495 e. The normalized spacial score (nSPS) is 10.3. The standard InChI is InChI=1S/C20H19ClN4O3/c1-12(26)13-5-4-6-14(7-13)24-19-10-20(23-11-22-19)25-16-9-17(27-2)15(21)8-18(16)28-3/h4-11H,1-3H3,(H2,22,23,24,25). The van der Waals surface area contributed by atoms with Crippen LogP contribution in [0.2, 0.25) is 5.02 Å². The topological polar surface area (TPSA) is 85.4 Å². The van der Waals surface area contributed by atoms with E-state index in [1.54, 1.807) is 44.6 Å². The zero-order chi connectivity index (χ0) is 20.1. The fraction of sp³-hybridized carbons (Fsp3) is 0.150. The van der Waals surface area contributed by atoms with Crippen molar-refractivity contribution in [2.75, 3.05) is 24.9 Å². The molecule has 0 saturated heterocycles. The molecule has 1 heterocycles. The molecule has 0 aliphatic rings. The molecule has 7 nitrogen and oxygen atoms in total. The number of halogens is 1. The van der Waals surface area contributed by atoms with Crippen molar-refractivity contribution < 1.29 is 14.3 Å². The Morgan fingerprint density at radius 2 is 1.68 bits per heavy atom. The van der Waals surface area contributed by atoms with Crippen molar-refractivity contribution in [2.45, 2.75) is 6.92 Å². The van der Waals surface area contributed by atoms with Crippen LogP contribution in [0.1, 0.15) is 17.3 Å². The maximum atomic E-state index is 11.5. The van der Waals surface area contributed by atoms with Crippen LogP contribution in [-0.4, -0.2) is 30.0 Å². The van der Waals surface area contributed by atoms with Crippen LogP contribution in [0.15, 0.2) is 48.8 Å². The van der Waals surface area contributed by atoms with Gasteiger partial charge in [0.1, 0.15) is 29.5 Å². The van der Waals surface area contributed by atoms with Crippen molar-refractivity contribution in [1.82, 2.24) is 9.97 Å². The summed E-state index contributed by atoms with van der Waals surface area (Å²) in [6, 6.07) is 12.3. The lowest BCUT2D eigenvalue weighted by molar-refractivity contribution is 0.101. The summed E-state index contributed by atoms with van der Waals surface area (Å²) in [6.07, 6.45) is 1.43. The Balaban J connectivity index is 1.84. The number of aromatic nitrogens is 2. The Bertz CT molecular complexity index is 1010. The third-order valence-electron chi connectivity index (χ3n) is 3.95. The SMILES string of the molecule is COc1cc(Nc2cc(Nc3cccc(C(C)=O)c3)ncn2)c(OC)cc1Cl. The van der Waals surface area contributed by atoms with Gasteiger partial charge in [-0.25, -0.2) is 9.97 Å². The molecule has 0 saturated carbocycles. The van der Waals surface area contributed by atoms with Crippen molar-refractivity contribution in [3.63, 3.8) is 0 Å². The van der Waals surface area contributed by atoms with E-state index >= 15 is 0 Å². The van der Waals surface area contributed by atoms with Crippen LogP contribution in [0, 0.1) is 0 Å². The number of hydrogen-bond acceptors (Lipinski definition) is 7. The highest BCUT2D eigenvalue weighted by Gasteiger charge is 2.11. The van der Waals surface area contributed by atoms with Gasteiger partial charge in [-0.15, -0.1) is 0 Å². The van der Waals surface area contributed by atoms with Crippen LogP contribution in [0.3, 0.4) is 0 Å². The lowest BCUT2D eigenvalue weighted by Crippen LogP contribution is -2.01. The van der Waals surface area contributed by atoms with E-state index in [9.17, 15) is 4.79 Å². The number of hydrogen-bond donors (Lipinski definition) is 2. The van der Waals surface area contributed by atoms with Crippen molar-refractivity contribution >= 4 is 40.4 Å². The van der Waals surface area contributed by atoms with Gasteiger partial charge in [-0.2, -0.15) is 0 Å². The Hall–Kier alpha value is -3.32. The van der Waals surface area contributed by atoms with Crippen LogP contribution >= 0.6 is 11.6 Å². The first kappa shape index (κ1) is 19.4. The summed E-state index contributed by atoms with van der Waals surface area (Å²) in [4.78, 5) is 20.0. The van der Waals surface area contributed by atoms with Gasteiger partial charge in [-0.3, -0.25) is 4.79 Å². The fourth-order valence-corrected chi connectivity index (χ4v) is 2.78. The Morgan fingerprint density at radius 3 is 2.36 bits per heavy atom. The lowest BCUT2D eigenvalue weighted by Gasteiger charge is -2.14. The molecule has 0 radical (unpaired) electrons. The van der Waals surface area contributed by atoms with E-state index in [1.165, 1.54) is 13.3 Å². The molecule has 28 heavy (non-hydrogen) atoms. The van der Waals surface area contributed by atoms with E-state index < -0.39 is 0 Å². The van der Waals surface area contributed by atoms with Gasteiger partial charge in [0.2, 0.25) is 0 Å². The number of carbonyl (C=O) groups is 1. The quantitative estimate of drug-likeness (QED) is 0.551. The van der Waals surface area contributed by atoms with Gasteiger partial charge in [0.05, 0.1) is 24.9 Å². The molecule has 0 bridgehead atoms. The molecule has 0 atom stereocenters. The van der Waals surface area contributed by atoms with Crippen molar-refractivity contribution in [1.29, 1.82) is 0 Å². The van der Waals surface area contributed by atoms with Gasteiger partial charge in [-0.05, 0) is 19.1 Å². The minimum absolute atomic E-state index is 0.00234. The fourth-order valence-electron chi connectivity index (χ4n) is 2.55. The molecule has 0 fully saturated rings. The molecule has 3 aromatic rings. The molecule has 3 rings (SSSR count). The van der Waals surface area contributed by atoms with E-state index in [2.05, 4.69) is 20.6 Å². The van der Waals surface area contributed by atoms with E-state index in [0.29, 0.717) is 39.4 Å². The summed E-state index contributed by atoms with van der Waals surface area (Å²) < 4.78 is 10.6. The van der Waals surface area contributed by atoms with E-state index in [-0.39, 0.29) is 5.78 Å². The number of methoxy groups -OCH3 is 2. The van der Waals surface area contributed by atoms with Crippen LogP contribution < -0.4 is 20.1 Å². The molecular weight excluding hydrogens is 380 g/mol. The zero-order valence-electron chi connectivity index (χ0n) is 15.6. The zero-order valence-corrected chi connectivity index (χ0v) is 16.4. The highest BCUT2D eigenvalue weighted by Crippen LogP contribution is 2.37. The number of nitrogens with zero attached hydrogens (tertiary/aromatic N) is 2. The summed E-state index contributed by atoms with van der Waals surface area (Å²) in [7, 11) is 3.09. The third-order valence-corrected chi connectivity index (χ3v) is 4.24. The predicted molar refractivity (Wildman–Crippen MR) is 110 cm³/mol. The van der Waals surface area contributed by atoms with Gasteiger partial charge in [0, 0.05) is 29.4 Å². The number of benzene rings is 2. The second-order valence-corrected chi connectivity index (χ2v) is 6.27. The summed E-state index contributed by atoms with van der Waals surface area (Å²) in [6.45, 7) is 1.53. The highest BCUT2D eigenvalue weighted by atomic mass is 35.5. The molecule has 2 N–H and O–H groups in total. The minimum atomic E-state index is -0.00234. The van der Waals surface area contributed by atoms with E-state index in [4.69, 9.17) is 21.1 Å². The highest BCUT2D eigenvalue weighted by molar-refractivity contribution is 6.32. The first-order chi connectivity index (χ1) is 13.5. The number of anilines is 4. The Labute approximate surface area is 167 Å². The van der Waals surface area contributed by atoms with Gasteiger partial charge >= 0.3 is 0 Å². The van der Waals surface area contributed by atoms with Crippen molar-refractivity contribution in [2.24, 2.45) is 0 Å². The van der Waals surface area contributed by atoms with Crippen LogP contribution in [0.4, 0.5) is 23.0 Å². The number of Topliss-reactive ketones (excluding diaryl/α,β-unsaturated/α-hetero) is 1. The average molecular weight is 399 g/mol. The molecule has 2 aromatic carbocycles. The lowest BCUT2D eigenvalue weighted by atomic mass is 10.1. The summed E-state index contributed by atoms with van der Waals surface area (Å²) in [5.74, 6) is 2.17.